The molecule has 0 saturated carbocycles. The van der Waals surface area contributed by atoms with Crippen molar-refractivity contribution in [3.63, 3.8) is 0 Å². The molecule has 8 nitrogen and oxygen atoms in total. The summed E-state index contributed by atoms with van der Waals surface area (Å²) in [5.41, 5.74) is 4.46. The smallest absolute Gasteiger partial charge is 0.247 e. The molecule has 1 unspecified atom stereocenters. The molecule has 2 saturated heterocycles. The molecule has 5 rings (SSSR count). The van der Waals surface area contributed by atoms with Gasteiger partial charge in [0, 0.05) is 50.8 Å². The van der Waals surface area contributed by atoms with E-state index in [1.807, 2.05) is 49.1 Å². The number of likely N-dealkylation sites (tertiary alicyclic amines) is 1. The van der Waals surface area contributed by atoms with Crippen molar-refractivity contribution in [1.29, 1.82) is 0 Å². The van der Waals surface area contributed by atoms with E-state index < -0.39 is 35.3 Å². The zero-order valence-corrected chi connectivity index (χ0v) is 26.0. The molecule has 3 aromatic carbocycles. The number of benzene rings is 3. The van der Waals surface area contributed by atoms with Crippen molar-refractivity contribution in [2.24, 2.45) is 5.92 Å². The number of nitrogens with zero attached hydrogens (tertiary/aromatic N) is 2. The first-order valence-corrected chi connectivity index (χ1v) is 15.4. The highest BCUT2D eigenvalue weighted by atomic mass is 19.2. The molecule has 4 amide bonds. The molecular weight excluding hydrogens is 597 g/mol. The number of hydrogen-bond donors (Lipinski definition) is 2. The van der Waals surface area contributed by atoms with Gasteiger partial charge in [-0.25, -0.2) is 13.2 Å². The van der Waals surface area contributed by atoms with Gasteiger partial charge in [-0.1, -0.05) is 30.3 Å². The molecule has 2 aliphatic heterocycles. The van der Waals surface area contributed by atoms with Gasteiger partial charge >= 0.3 is 0 Å². The molecule has 0 aromatic heterocycles. The number of para-hydroxylation sites is 1. The second-order valence-electron chi connectivity index (χ2n) is 12.2. The second kappa shape index (κ2) is 13.8. The van der Waals surface area contributed by atoms with Gasteiger partial charge in [-0.15, -0.1) is 0 Å². The average Bonchev–Trinajstić information content (AvgIpc) is 3.40. The van der Waals surface area contributed by atoms with Crippen molar-refractivity contribution >= 4 is 35.0 Å². The maximum absolute atomic E-state index is 13.7. The van der Waals surface area contributed by atoms with Crippen LogP contribution in [0, 0.1) is 37.2 Å². The normalized spacial score (nSPS) is 17.6. The summed E-state index contributed by atoms with van der Waals surface area (Å²) in [5.74, 6) is -5.64. The molecule has 46 heavy (non-hydrogen) atoms. The van der Waals surface area contributed by atoms with E-state index in [4.69, 9.17) is 0 Å². The van der Waals surface area contributed by atoms with E-state index in [-0.39, 0.29) is 42.1 Å². The highest BCUT2D eigenvalue weighted by molar-refractivity contribution is 6.01. The van der Waals surface area contributed by atoms with Crippen molar-refractivity contribution < 1.29 is 32.3 Å². The van der Waals surface area contributed by atoms with Crippen LogP contribution in [0.2, 0.25) is 0 Å². The van der Waals surface area contributed by atoms with Crippen LogP contribution < -0.4 is 15.5 Å². The van der Waals surface area contributed by atoms with E-state index in [9.17, 15) is 32.3 Å². The summed E-state index contributed by atoms with van der Waals surface area (Å²) in [6.45, 7) is 6.71. The molecule has 0 radical (unpaired) electrons. The first kappa shape index (κ1) is 32.7. The SMILES string of the molecule is CC(=O)N[C@H](Cc1cc(F)c(F)c(F)c1)C(=O)Nc1ccc(C2CCN(C(=O)C3CC(=O)N(c4c(C)cccc4C)C3)CC2)cc1. The van der Waals surface area contributed by atoms with E-state index in [2.05, 4.69) is 10.6 Å². The quantitative estimate of drug-likeness (QED) is 0.335. The second-order valence-corrected chi connectivity index (χ2v) is 12.2. The zero-order chi connectivity index (χ0) is 33.1. The minimum Gasteiger partial charge on any atom is -0.344 e. The van der Waals surface area contributed by atoms with Gasteiger partial charge in [0.25, 0.3) is 0 Å². The molecule has 11 heteroatoms. The number of piperidine rings is 1. The predicted octanol–water partition coefficient (Wildman–Crippen LogP) is 5.17. The minimum absolute atomic E-state index is 0.0124. The lowest BCUT2D eigenvalue weighted by molar-refractivity contribution is -0.136. The molecule has 0 spiro atoms. The Kier molecular flexibility index (Phi) is 9.79. The van der Waals surface area contributed by atoms with Gasteiger partial charge in [0.2, 0.25) is 23.6 Å². The number of hydrogen-bond acceptors (Lipinski definition) is 4. The summed E-state index contributed by atoms with van der Waals surface area (Å²) in [6.07, 6.45) is 1.48. The monoisotopic (exact) mass is 634 g/mol. The van der Waals surface area contributed by atoms with Crippen molar-refractivity contribution in [3.05, 3.63) is 94.3 Å². The van der Waals surface area contributed by atoms with Crippen LogP contribution in [-0.2, 0) is 25.6 Å². The summed E-state index contributed by atoms with van der Waals surface area (Å²) in [5, 5.41) is 5.19. The lowest BCUT2D eigenvalue weighted by atomic mass is 9.89. The highest BCUT2D eigenvalue weighted by Crippen LogP contribution is 2.34. The predicted molar refractivity (Wildman–Crippen MR) is 168 cm³/mol. The number of rotatable bonds is 8. The first-order valence-electron chi connectivity index (χ1n) is 15.4. The fourth-order valence-corrected chi connectivity index (χ4v) is 6.50. The van der Waals surface area contributed by atoms with Crippen molar-refractivity contribution in [2.45, 2.75) is 58.4 Å². The maximum Gasteiger partial charge on any atom is 0.247 e. The molecule has 2 fully saturated rings. The van der Waals surface area contributed by atoms with Gasteiger partial charge in [-0.05, 0) is 79.1 Å². The number of carbonyl (C=O) groups excluding carboxylic acids is 4. The largest absolute Gasteiger partial charge is 0.344 e. The summed E-state index contributed by atoms with van der Waals surface area (Å²) in [6, 6.07) is 13.6. The van der Waals surface area contributed by atoms with Crippen LogP contribution in [0.3, 0.4) is 0 Å². The van der Waals surface area contributed by atoms with Gasteiger partial charge in [0.1, 0.15) is 6.04 Å². The average molecular weight is 635 g/mol. The molecule has 2 heterocycles. The van der Waals surface area contributed by atoms with Crippen LogP contribution in [0.5, 0.6) is 0 Å². The molecular formula is C35H37F3N4O4. The van der Waals surface area contributed by atoms with Gasteiger partial charge in [-0.2, -0.15) is 0 Å². The first-order chi connectivity index (χ1) is 21.9. The van der Waals surface area contributed by atoms with Crippen LogP contribution in [0.1, 0.15) is 54.4 Å². The Hall–Kier alpha value is -4.67. The maximum atomic E-state index is 13.7. The third-order valence-corrected chi connectivity index (χ3v) is 8.82. The van der Waals surface area contributed by atoms with Crippen LogP contribution >= 0.6 is 0 Å². The third-order valence-electron chi connectivity index (χ3n) is 8.82. The number of nitrogens with one attached hydrogen (secondary N) is 2. The van der Waals surface area contributed by atoms with Crippen molar-refractivity contribution in [2.75, 3.05) is 29.9 Å². The standard InChI is InChI=1S/C35H37F3N4O4/c1-20-5-4-6-21(2)33(20)42-19-26(18-31(42)44)35(46)41-13-11-25(12-14-41)24-7-9-27(10-8-24)40-34(45)30(39-22(3)43)17-23-15-28(36)32(38)29(37)16-23/h4-10,15-16,25-26,30H,11-14,17-19H2,1-3H3,(H,39,43)(H,40,45)/t26?,30-/m1/s1. The van der Waals surface area contributed by atoms with Gasteiger partial charge in [0.05, 0.1) is 5.92 Å². The fourth-order valence-electron chi connectivity index (χ4n) is 6.50. The molecule has 242 valence electrons. The Labute approximate surface area is 266 Å². The van der Waals surface area contributed by atoms with E-state index in [0.717, 1.165) is 47.4 Å². The van der Waals surface area contributed by atoms with E-state index in [1.165, 1.54) is 6.92 Å². The number of aryl methyl sites for hydroxylation is 2. The van der Waals surface area contributed by atoms with Gasteiger partial charge < -0.3 is 20.4 Å². The summed E-state index contributed by atoms with van der Waals surface area (Å²) < 4.78 is 40.8. The van der Waals surface area contributed by atoms with Crippen LogP contribution in [0.25, 0.3) is 0 Å². The van der Waals surface area contributed by atoms with Crippen molar-refractivity contribution in [3.8, 4) is 0 Å². The third kappa shape index (κ3) is 7.24. The van der Waals surface area contributed by atoms with E-state index >= 15 is 0 Å². The Morgan fingerprint density at radius 1 is 0.935 bits per heavy atom. The Bertz CT molecular complexity index is 1610. The highest BCUT2D eigenvalue weighted by Gasteiger charge is 2.39. The Morgan fingerprint density at radius 2 is 1.54 bits per heavy atom. The number of halogens is 3. The number of amides is 4. The van der Waals surface area contributed by atoms with Gasteiger partial charge in [-0.3, -0.25) is 19.2 Å². The van der Waals surface area contributed by atoms with Gasteiger partial charge in [0.15, 0.2) is 17.5 Å². The number of anilines is 2. The summed E-state index contributed by atoms with van der Waals surface area (Å²) >= 11 is 0. The van der Waals surface area contributed by atoms with Crippen LogP contribution in [0.4, 0.5) is 24.5 Å². The molecule has 2 atom stereocenters. The van der Waals surface area contributed by atoms with Crippen LogP contribution in [0.15, 0.2) is 54.6 Å². The lowest BCUT2D eigenvalue weighted by Crippen LogP contribution is -2.44. The minimum atomic E-state index is -1.60. The number of carbonyl (C=O) groups is 4. The molecule has 3 aromatic rings. The Balaban J connectivity index is 1.15. The lowest BCUT2D eigenvalue weighted by Gasteiger charge is -2.34. The molecule has 0 bridgehead atoms. The molecule has 0 aliphatic carbocycles. The summed E-state index contributed by atoms with van der Waals surface area (Å²) in [4.78, 5) is 54.6. The van der Waals surface area contributed by atoms with Crippen molar-refractivity contribution in [1.82, 2.24) is 10.2 Å². The molecule has 2 aliphatic rings. The van der Waals surface area contributed by atoms with E-state index in [0.29, 0.717) is 25.3 Å². The van der Waals surface area contributed by atoms with E-state index in [1.54, 1.807) is 17.0 Å². The topological polar surface area (TPSA) is 98.8 Å². The zero-order valence-electron chi connectivity index (χ0n) is 26.0. The van der Waals surface area contributed by atoms with Crippen LogP contribution in [-0.4, -0.2) is 54.2 Å². The summed E-state index contributed by atoms with van der Waals surface area (Å²) in [7, 11) is 0. The Morgan fingerprint density at radius 3 is 2.13 bits per heavy atom. The fraction of sp³-hybridized carbons (Fsp3) is 0.371. The molecule has 2 N–H and O–H groups in total.